The summed E-state index contributed by atoms with van der Waals surface area (Å²) >= 11 is 0. The molecule has 0 atom stereocenters. The van der Waals surface area contributed by atoms with Crippen molar-refractivity contribution >= 4 is 0 Å². The third-order valence-electron chi connectivity index (χ3n) is 1.53. The molecule has 0 fully saturated rings. The summed E-state index contributed by atoms with van der Waals surface area (Å²) in [5.41, 5.74) is 0. The number of aromatic nitrogens is 2. The molecule has 0 amide bonds. The van der Waals surface area contributed by atoms with Crippen molar-refractivity contribution in [3.8, 4) is 11.8 Å². The SMILES string of the molecule is CC#CCCNCCc1ncno1. The molecule has 0 bridgehead atoms. The molecule has 0 saturated heterocycles. The predicted molar refractivity (Wildman–Crippen MR) is 48.9 cm³/mol. The molecule has 0 aliphatic rings. The first-order valence-electron chi connectivity index (χ1n) is 4.29. The minimum absolute atomic E-state index is 0.675. The summed E-state index contributed by atoms with van der Waals surface area (Å²) < 4.78 is 4.83. The van der Waals surface area contributed by atoms with Crippen molar-refractivity contribution in [2.75, 3.05) is 13.1 Å². The number of nitrogens with zero attached hydrogens (tertiary/aromatic N) is 2. The fraction of sp³-hybridized carbons (Fsp3) is 0.556. The molecule has 4 nitrogen and oxygen atoms in total. The monoisotopic (exact) mass is 179 g/mol. The Bertz CT molecular complexity index is 271. The Hall–Kier alpha value is -1.34. The summed E-state index contributed by atoms with van der Waals surface area (Å²) in [4.78, 5) is 3.90. The Labute approximate surface area is 77.7 Å². The molecule has 4 heteroatoms. The number of nitrogens with one attached hydrogen (secondary N) is 1. The second-order valence-corrected chi connectivity index (χ2v) is 2.51. The minimum atomic E-state index is 0.675. The molecule has 0 radical (unpaired) electrons. The fourth-order valence-corrected chi connectivity index (χ4v) is 0.902. The first kappa shape index (κ1) is 9.75. The van der Waals surface area contributed by atoms with Gasteiger partial charge in [0.2, 0.25) is 5.89 Å². The smallest absolute Gasteiger partial charge is 0.227 e. The second-order valence-electron chi connectivity index (χ2n) is 2.51. The summed E-state index contributed by atoms with van der Waals surface area (Å²) in [7, 11) is 0. The van der Waals surface area contributed by atoms with Crippen LogP contribution in [0.3, 0.4) is 0 Å². The van der Waals surface area contributed by atoms with Crippen molar-refractivity contribution in [3.63, 3.8) is 0 Å². The van der Waals surface area contributed by atoms with Gasteiger partial charge in [0.25, 0.3) is 0 Å². The van der Waals surface area contributed by atoms with Gasteiger partial charge in [-0.1, -0.05) is 5.16 Å². The zero-order chi connectivity index (χ0) is 9.36. The van der Waals surface area contributed by atoms with Gasteiger partial charge in [0, 0.05) is 25.9 Å². The van der Waals surface area contributed by atoms with Gasteiger partial charge in [-0.25, -0.2) is 0 Å². The highest BCUT2D eigenvalue weighted by molar-refractivity contribution is 4.95. The van der Waals surface area contributed by atoms with Crippen molar-refractivity contribution in [1.82, 2.24) is 15.5 Å². The Morgan fingerprint density at radius 2 is 2.46 bits per heavy atom. The molecule has 1 aromatic rings. The first-order chi connectivity index (χ1) is 6.43. The van der Waals surface area contributed by atoms with Crippen LogP contribution in [0.1, 0.15) is 19.2 Å². The lowest BCUT2D eigenvalue weighted by Gasteiger charge is -1.97. The van der Waals surface area contributed by atoms with Crippen LogP contribution in [0.25, 0.3) is 0 Å². The minimum Gasteiger partial charge on any atom is -0.340 e. The summed E-state index contributed by atoms with van der Waals surface area (Å²) in [5.74, 6) is 6.49. The van der Waals surface area contributed by atoms with E-state index in [2.05, 4.69) is 27.3 Å². The Morgan fingerprint density at radius 1 is 1.54 bits per heavy atom. The molecule has 0 unspecified atom stereocenters. The molecule has 1 aromatic heterocycles. The van der Waals surface area contributed by atoms with Gasteiger partial charge in [-0.05, 0) is 6.92 Å². The molecule has 1 N–H and O–H groups in total. The molecule has 13 heavy (non-hydrogen) atoms. The van der Waals surface area contributed by atoms with Gasteiger partial charge >= 0.3 is 0 Å². The highest BCUT2D eigenvalue weighted by Gasteiger charge is 1.96. The van der Waals surface area contributed by atoms with E-state index in [1.165, 1.54) is 6.33 Å². The topological polar surface area (TPSA) is 51.0 Å². The fourth-order valence-electron chi connectivity index (χ4n) is 0.902. The molecule has 0 aliphatic carbocycles. The van der Waals surface area contributed by atoms with Crippen LogP contribution in [0.2, 0.25) is 0 Å². The van der Waals surface area contributed by atoms with E-state index >= 15 is 0 Å². The van der Waals surface area contributed by atoms with Crippen LogP contribution in [0.15, 0.2) is 10.9 Å². The molecule has 0 aromatic carbocycles. The van der Waals surface area contributed by atoms with Gasteiger partial charge in [-0.3, -0.25) is 0 Å². The van der Waals surface area contributed by atoms with Crippen molar-refractivity contribution in [2.45, 2.75) is 19.8 Å². The van der Waals surface area contributed by atoms with E-state index in [4.69, 9.17) is 4.52 Å². The van der Waals surface area contributed by atoms with E-state index in [0.717, 1.165) is 25.9 Å². The Kier molecular flexibility index (Phi) is 4.65. The standard InChI is InChI=1S/C9H13N3O/c1-2-3-4-6-10-7-5-9-11-8-12-13-9/h8,10H,4-7H2,1H3. The quantitative estimate of drug-likeness (QED) is 0.531. The van der Waals surface area contributed by atoms with Crippen LogP contribution in [-0.4, -0.2) is 23.2 Å². The van der Waals surface area contributed by atoms with E-state index in [0.29, 0.717) is 5.89 Å². The lowest BCUT2D eigenvalue weighted by Crippen LogP contribution is -2.18. The molecule has 0 aliphatic heterocycles. The number of hydrogen-bond acceptors (Lipinski definition) is 4. The normalized spacial score (nSPS) is 9.31. The summed E-state index contributed by atoms with van der Waals surface area (Å²) in [6.45, 7) is 3.61. The lowest BCUT2D eigenvalue weighted by atomic mass is 10.4. The van der Waals surface area contributed by atoms with E-state index in [-0.39, 0.29) is 0 Å². The van der Waals surface area contributed by atoms with Gasteiger partial charge in [0.1, 0.15) is 0 Å². The van der Waals surface area contributed by atoms with Crippen molar-refractivity contribution in [3.05, 3.63) is 12.2 Å². The summed E-state index contributed by atoms with van der Waals surface area (Å²) in [6.07, 6.45) is 3.08. The maximum atomic E-state index is 4.83. The maximum absolute atomic E-state index is 4.83. The van der Waals surface area contributed by atoms with E-state index in [1.54, 1.807) is 0 Å². The Morgan fingerprint density at radius 3 is 3.15 bits per heavy atom. The van der Waals surface area contributed by atoms with Crippen molar-refractivity contribution in [1.29, 1.82) is 0 Å². The average molecular weight is 179 g/mol. The highest BCUT2D eigenvalue weighted by atomic mass is 16.5. The van der Waals surface area contributed by atoms with Crippen molar-refractivity contribution < 1.29 is 4.52 Å². The zero-order valence-corrected chi connectivity index (χ0v) is 7.71. The molecule has 1 heterocycles. The Balaban J connectivity index is 1.98. The third kappa shape index (κ3) is 4.28. The molecule has 0 saturated carbocycles. The first-order valence-corrected chi connectivity index (χ1v) is 4.29. The summed E-state index contributed by atoms with van der Waals surface area (Å²) in [6, 6.07) is 0. The number of hydrogen-bond donors (Lipinski definition) is 1. The second kappa shape index (κ2) is 6.21. The van der Waals surface area contributed by atoms with E-state index in [1.807, 2.05) is 6.92 Å². The van der Waals surface area contributed by atoms with Crippen LogP contribution in [-0.2, 0) is 6.42 Å². The van der Waals surface area contributed by atoms with Crippen molar-refractivity contribution in [2.24, 2.45) is 0 Å². The van der Waals surface area contributed by atoms with Crippen LogP contribution in [0.5, 0.6) is 0 Å². The van der Waals surface area contributed by atoms with E-state index < -0.39 is 0 Å². The molecular weight excluding hydrogens is 166 g/mol. The van der Waals surface area contributed by atoms with Crippen LogP contribution in [0, 0.1) is 11.8 Å². The van der Waals surface area contributed by atoms with Gasteiger partial charge < -0.3 is 9.84 Å². The van der Waals surface area contributed by atoms with Gasteiger partial charge in [-0.15, -0.1) is 11.8 Å². The zero-order valence-electron chi connectivity index (χ0n) is 7.71. The molecular formula is C9H13N3O. The van der Waals surface area contributed by atoms with E-state index in [9.17, 15) is 0 Å². The molecule has 1 rings (SSSR count). The highest BCUT2D eigenvalue weighted by Crippen LogP contribution is 1.90. The summed E-state index contributed by atoms with van der Waals surface area (Å²) in [5, 5.41) is 6.74. The predicted octanol–water partition coefficient (Wildman–Crippen LogP) is 0.615. The number of rotatable bonds is 5. The maximum Gasteiger partial charge on any atom is 0.227 e. The third-order valence-corrected chi connectivity index (χ3v) is 1.53. The van der Waals surface area contributed by atoms with Gasteiger partial charge in [0.05, 0.1) is 0 Å². The van der Waals surface area contributed by atoms with Gasteiger partial charge in [-0.2, -0.15) is 4.98 Å². The molecule has 70 valence electrons. The average Bonchev–Trinajstić information content (AvgIpc) is 2.63. The van der Waals surface area contributed by atoms with Crippen LogP contribution < -0.4 is 5.32 Å². The van der Waals surface area contributed by atoms with Gasteiger partial charge in [0.15, 0.2) is 6.33 Å². The van der Waals surface area contributed by atoms with Crippen LogP contribution >= 0.6 is 0 Å². The molecule has 0 spiro atoms. The largest absolute Gasteiger partial charge is 0.340 e. The van der Waals surface area contributed by atoms with Crippen LogP contribution in [0.4, 0.5) is 0 Å². The lowest BCUT2D eigenvalue weighted by molar-refractivity contribution is 0.375.